The first-order valence-electron chi connectivity index (χ1n) is 6.33. The molecule has 0 radical (unpaired) electrons. The molecule has 2 rings (SSSR count). The van der Waals surface area contributed by atoms with Crippen molar-refractivity contribution < 1.29 is 14.4 Å². The number of para-hydroxylation sites is 1. The summed E-state index contributed by atoms with van der Waals surface area (Å²) in [6.07, 6.45) is 4.48. The number of pyridine rings is 1. The molecular weight excluding hydrogens is 270 g/mol. The molecule has 1 heterocycles. The normalized spacial score (nSPS) is 11.8. The smallest absolute Gasteiger partial charge is 0.358 e. The van der Waals surface area contributed by atoms with E-state index in [4.69, 9.17) is 10.5 Å². The van der Waals surface area contributed by atoms with Crippen LogP contribution in [0.5, 0.6) is 5.75 Å². The molecule has 0 amide bonds. The highest BCUT2D eigenvalue weighted by molar-refractivity contribution is 5.86. The average molecular weight is 285 g/mol. The van der Waals surface area contributed by atoms with Gasteiger partial charge in [0.15, 0.2) is 5.84 Å². The summed E-state index contributed by atoms with van der Waals surface area (Å²) in [6, 6.07) is 9.37. The molecule has 1 aromatic heterocycles. The third kappa shape index (κ3) is 4.04. The number of amidine groups is 1. The number of fused-ring (bicyclic) bond motifs is 1. The van der Waals surface area contributed by atoms with Crippen molar-refractivity contribution in [3.63, 3.8) is 0 Å². The second-order valence-electron chi connectivity index (χ2n) is 4.11. The number of allylic oxidation sites excluding steroid dienone is 1. The van der Waals surface area contributed by atoms with E-state index in [0.29, 0.717) is 5.75 Å². The van der Waals surface area contributed by atoms with Gasteiger partial charge in [0.2, 0.25) is 0 Å². The van der Waals surface area contributed by atoms with Crippen LogP contribution in [0.4, 0.5) is 0 Å². The molecule has 0 atom stereocenters. The van der Waals surface area contributed by atoms with Gasteiger partial charge in [-0.3, -0.25) is 4.98 Å². The van der Waals surface area contributed by atoms with E-state index < -0.39 is 5.97 Å². The monoisotopic (exact) mass is 285 g/mol. The molecule has 0 bridgehead atoms. The maximum Gasteiger partial charge on any atom is 0.358 e. The summed E-state index contributed by atoms with van der Waals surface area (Å²) in [5.41, 5.74) is 6.35. The lowest BCUT2D eigenvalue weighted by Crippen LogP contribution is -2.22. The van der Waals surface area contributed by atoms with Crippen LogP contribution in [0, 0.1) is 0 Å². The van der Waals surface area contributed by atoms with Gasteiger partial charge in [0.25, 0.3) is 0 Å². The highest BCUT2D eigenvalue weighted by Crippen LogP contribution is 2.22. The Kier molecular flexibility index (Phi) is 4.87. The number of nitrogens with zero attached hydrogens (tertiary/aromatic N) is 2. The predicted octanol–water partition coefficient (Wildman–Crippen LogP) is 2.01. The number of aromatic nitrogens is 1. The van der Waals surface area contributed by atoms with Crippen molar-refractivity contribution in [3.8, 4) is 5.75 Å². The second kappa shape index (κ2) is 7.04. The third-order valence-electron chi connectivity index (χ3n) is 2.53. The lowest BCUT2D eigenvalue weighted by molar-refractivity contribution is -0.137. The van der Waals surface area contributed by atoms with Crippen molar-refractivity contribution in [2.75, 3.05) is 6.61 Å². The van der Waals surface area contributed by atoms with Gasteiger partial charge < -0.3 is 15.3 Å². The van der Waals surface area contributed by atoms with Gasteiger partial charge in [-0.25, -0.2) is 4.79 Å². The first kappa shape index (κ1) is 14.5. The van der Waals surface area contributed by atoms with Crippen molar-refractivity contribution in [3.05, 3.63) is 48.7 Å². The van der Waals surface area contributed by atoms with Crippen molar-refractivity contribution >= 4 is 22.7 Å². The standard InChI is InChI=1S/C15H15N3O3/c1-2-5-14(19)21-18-13(16)10-20-12-8-3-6-11-7-4-9-17-15(11)12/h2-9H,10H2,1H3,(H2,16,18). The predicted molar refractivity (Wildman–Crippen MR) is 79.8 cm³/mol. The van der Waals surface area contributed by atoms with Gasteiger partial charge in [-0.1, -0.05) is 29.4 Å². The van der Waals surface area contributed by atoms with E-state index in [0.717, 1.165) is 10.9 Å². The highest BCUT2D eigenvalue weighted by Gasteiger charge is 2.04. The molecule has 0 saturated carbocycles. The van der Waals surface area contributed by atoms with E-state index in [9.17, 15) is 4.79 Å². The van der Waals surface area contributed by atoms with Crippen LogP contribution >= 0.6 is 0 Å². The van der Waals surface area contributed by atoms with Crippen molar-refractivity contribution in [2.45, 2.75) is 6.92 Å². The summed E-state index contributed by atoms with van der Waals surface area (Å²) >= 11 is 0. The van der Waals surface area contributed by atoms with E-state index in [-0.39, 0.29) is 12.4 Å². The SMILES string of the molecule is CC=CC(=O)ON=C(N)COc1cccc2cccnc12. The number of hydrogen-bond acceptors (Lipinski definition) is 5. The van der Waals surface area contributed by atoms with Gasteiger partial charge in [-0.2, -0.15) is 0 Å². The zero-order valence-electron chi connectivity index (χ0n) is 11.5. The number of ether oxygens (including phenoxy) is 1. The molecule has 2 aromatic rings. The summed E-state index contributed by atoms with van der Waals surface area (Å²) in [5.74, 6) is 0.0547. The van der Waals surface area contributed by atoms with Crippen LogP contribution in [0.15, 0.2) is 53.8 Å². The zero-order valence-corrected chi connectivity index (χ0v) is 11.5. The summed E-state index contributed by atoms with van der Waals surface area (Å²) in [7, 11) is 0. The van der Waals surface area contributed by atoms with Crippen LogP contribution in [0.25, 0.3) is 10.9 Å². The fourth-order valence-electron chi connectivity index (χ4n) is 1.64. The molecule has 21 heavy (non-hydrogen) atoms. The Morgan fingerprint density at radius 2 is 2.19 bits per heavy atom. The minimum Gasteiger partial charge on any atom is -0.483 e. The first-order chi connectivity index (χ1) is 10.2. The van der Waals surface area contributed by atoms with E-state index in [1.165, 1.54) is 6.08 Å². The molecule has 0 aliphatic heterocycles. The Bertz CT molecular complexity index is 690. The molecule has 0 unspecified atom stereocenters. The third-order valence-corrected chi connectivity index (χ3v) is 2.53. The lowest BCUT2D eigenvalue weighted by Gasteiger charge is -2.07. The van der Waals surface area contributed by atoms with Crippen molar-refractivity contribution in [2.24, 2.45) is 10.9 Å². The molecule has 1 aromatic carbocycles. The van der Waals surface area contributed by atoms with Crippen LogP contribution in [0.2, 0.25) is 0 Å². The molecule has 2 N–H and O–H groups in total. The van der Waals surface area contributed by atoms with Gasteiger partial charge in [0.05, 0.1) is 0 Å². The molecule has 0 aliphatic carbocycles. The van der Waals surface area contributed by atoms with Gasteiger partial charge >= 0.3 is 5.97 Å². The summed E-state index contributed by atoms with van der Waals surface area (Å²) in [4.78, 5) is 19.9. The fourth-order valence-corrected chi connectivity index (χ4v) is 1.64. The topological polar surface area (TPSA) is 86.8 Å². The van der Waals surface area contributed by atoms with Gasteiger partial charge in [0, 0.05) is 17.7 Å². The maximum atomic E-state index is 11.1. The molecular formula is C15H15N3O3. The van der Waals surface area contributed by atoms with Gasteiger partial charge in [-0.15, -0.1) is 0 Å². The van der Waals surface area contributed by atoms with Gasteiger partial charge in [0.1, 0.15) is 17.9 Å². The molecule has 6 nitrogen and oxygen atoms in total. The van der Waals surface area contributed by atoms with E-state index in [1.807, 2.05) is 24.3 Å². The largest absolute Gasteiger partial charge is 0.483 e. The average Bonchev–Trinajstić information content (AvgIpc) is 2.51. The number of carbonyl (C=O) groups is 1. The van der Waals surface area contributed by atoms with Crippen LogP contribution in [0.1, 0.15) is 6.92 Å². The summed E-state index contributed by atoms with van der Waals surface area (Å²) in [6.45, 7) is 1.70. The van der Waals surface area contributed by atoms with Crippen molar-refractivity contribution in [1.82, 2.24) is 4.98 Å². The van der Waals surface area contributed by atoms with Crippen LogP contribution in [0.3, 0.4) is 0 Å². The number of nitrogens with two attached hydrogens (primary N) is 1. The summed E-state index contributed by atoms with van der Waals surface area (Å²) in [5, 5.41) is 4.45. The number of rotatable bonds is 5. The Hall–Kier alpha value is -2.89. The summed E-state index contributed by atoms with van der Waals surface area (Å²) < 4.78 is 5.55. The number of benzene rings is 1. The Labute approximate surface area is 121 Å². The number of hydrogen-bond donors (Lipinski definition) is 1. The Morgan fingerprint density at radius 3 is 3.00 bits per heavy atom. The minimum absolute atomic E-state index is 0.00118. The maximum absolute atomic E-state index is 11.1. The number of oxime groups is 1. The van der Waals surface area contributed by atoms with Crippen molar-refractivity contribution in [1.29, 1.82) is 0 Å². The minimum atomic E-state index is -0.590. The highest BCUT2D eigenvalue weighted by atomic mass is 16.7. The van der Waals surface area contributed by atoms with E-state index in [1.54, 1.807) is 25.3 Å². The second-order valence-corrected chi connectivity index (χ2v) is 4.11. The molecule has 108 valence electrons. The molecule has 0 spiro atoms. The quantitative estimate of drug-likeness (QED) is 0.298. The molecule has 0 saturated heterocycles. The fraction of sp³-hybridized carbons (Fsp3) is 0.133. The van der Waals surface area contributed by atoms with Crippen LogP contribution < -0.4 is 10.5 Å². The van der Waals surface area contributed by atoms with Gasteiger partial charge in [-0.05, 0) is 19.1 Å². The molecule has 0 fully saturated rings. The zero-order chi connectivity index (χ0) is 15.1. The van der Waals surface area contributed by atoms with Crippen LogP contribution in [-0.2, 0) is 9.63 Å². The molecule has 6 heteroatoms. The molecule has 0 aliphatic rings. The number of carbonyl (C=O) groups excluding carboxylic acids is 1. The van der Waals surface area contributed by atoms with E-state index >= 15 is 0 Å². The lowest BCUT2D eigenvalue weighted by atomic mass is 10.2. The first-order valence-corrected chi connectivity index (χ1v) is 6.33. The van der Waals surface area contributed by atoms with E-state index in [2.05, 4.69) is 15.0 Å². The Balaban J connectivity index is 2.01. The Morgan fingerprint density at radius 1 is 1.38 bits per heavy atom. The van der Waals surface area contributed by atoms with Crippen LogP contribution in [-0.4, -0.2) is 23.4 Å².